The van der Waals surface area contributed by atoms with Gasteiger partial charge >= 0.3 is 0 Å². The molecule has 0 aromatic carbocycles. The Morgan fingerprint density at radius 1 is 1.67 bits per heavy atom. The van der Waals surface area contributed by atoms with Crippen molar-refractivity contribution < 1.29 is 13.5 Å². The van der Waals surface area contributed by atoms with E-state index in [1.165, 1.54) is 6.20 Å². The SMILES string of the molecule is O=S(=O)(CCO)Nc1cnns1. The Labute approximate surface area is 73.5 Å². The van der Waals surface area contributed by atoms with E-state index in [1.54, 1.807) is 0 Å². The Morgan fingerprint density at radius 2 is 2.42 bits per heavy atom. The molecule has 1 heterocycles. The molecule has 0 fully saturated rings. The van der Waals surface area contributed by atoms with Crippen LogP contribution in [-0.4, -0.2) is 35.5 Å². The predicted octanol–water partition coefficient (Wildman–Crippen LogP) is -0.728. The second-order valence-corrected chi connectivity index (χ2v) is 4.55. The van der Waals surface area contributed by atoms with Gasteiger partial charge in [-0.1, -0.05) is 4.49 Å². The lowest BCUT2D eigenvalue weighted by molar-refractivity contribution is 0.320. The number of aromatic nitrogens is 2. The van der Waals surface area contributed by atoms with Crippen LogP contribution in [-0.2, 0) is 10.0 Å². The molecule has 2 N–H and O–H groups in total. The molecule has 1 aromatic rings. The second-order valence-electron chi connectivity index (χ2n) is 1.93. The van der Waals surface area contributed by atoms with E-state index >= 15 is 0 Å². The van der Waals surface area contributed by atoms with Gasteiger partial charge in [-0.3, -0.25) is 4.72 Å². The fraction of sp³-hybridized carbons (Fsp3) is 0.500. The lowest BCUT2D eigenvalue weighted by Crippen LogP contribution is -2.18. The molecule has 0 aliphatic heterocycles. The van der Waals surface area contributed by atoms with Crippen LogP contribution in [0.2, 0.25) is 0 Å². The van der Waals surface area contributed by atoms with Crippen LogP contribution in [0, 0.1) is 0 Å². The summed E-state index contributed by atoms with van der Waals surface area (Å²) in [6, 6.07) is 0. The highest BCUT2D eigenvalue weighted by molar-refractivity contribution is 7.92. The van der Waals surface area contributed by atoms with E-state index in [0.717, 1.165) is 11.5 Å². The molecule has 12 heavy (non-hydrogen) atoms. The summed E-state index contributed by atoms with van der Waals surface area (Å²) in [7, 11) is -3.42. The van der Waals surface area contributed by atoms with Gasteiger partial charge in [0.1, 0.15) is 5.00 Å². The molecule has 8 heteroatoms. The van der Waals surface area contributed by atoms with E-state index < -0.39 is 16.6 Å². The van der Waals surface area contributed by atoms with E-state index in [-0.39, 0.29) is 5.75 Å². The molecule has 0 spiro atoms. The van der Waals surface area contributed by atoms with Gasteiger partial charge in [0.2, 0.25) is 10.0 Å². The van der Waals surface area contributed by atoms with Crippen molar-refractivity contribution in [2.24, 2.45) is 0 Å². The maximum absolute atomic E-state index is 11.0. The van der Waals surface area contributed by atoms with Gasteiger partial charge < -0.3 is 5.11 Å². The quantitative estimate of drug-likeness (QED) is 0.682. The number of nitrogens with zero attached hydrogens (tertiary/aromatic N) is 2. The average Bonchev–Trinajstić information content (AvgIpc) is 2.38. The zero-order valence-corrected chi connectivity index (χ0v) is 7.60. The van der Waals surface area contributed by atoms with E-state index in [9.17, 15) is 8.42 Å². The fourth-order valence-electron chi connectivity index (χ4n) is 0.537. The first-order valence-corrected chi connectivity index (χ1v) is 5.45. The first-order valence-electron chi connectivity index (χ1n) is 3.03. The molecule has 1 aromatic heterocycles. The number of hydrogen-bond acceptors (Lipinski definition) is 6. The molecule has 0 aliphatic carbocycles. The van der Waals surface area contributed by atoms with Crippen molar-refractivity contribution in [2.45, 2.75) is 0 Å². The van der Waals surface area contributed by atoms with E-state index in [2.05, 4.69) is 14.3 Å². The van der Waals surface area contributed by atoms with Crippen molar-refractivity contribution in [1.82, 2.24) is 9.59 Å². The normalized spacial score (nSPS) is 11.4. The van der Waals surface area contributed by atoms with Gasteiger partial charge in [0.25, 0.3) is 0 Å². The highest BCUT2D eigenvalue weighted by Crippen LogP contribution is 2.10. The van der Waals surface area contributed by atoms with Gasteiger partial charge in [-0.25, -0.2) is 8.42 Å². The Morgan fingerprint density at radius 3 is 2.92 bits per heavy atom. The monoisotopic (exact) mass is 209 g/mol. The molecular weight excluding hydrogens is 202 g/mol. The summed E-state index contributed by atoms with van der Waals surface area (Å²) in [5.74, 6) is -0.315. The van der Waals surface area contributed by atoms with Gasteiger partial charge in [0.05, 0.1) is 18.6 Å². The molecule has 0 amide bonds. The third-order valence-corrected chi connectivity index (χ3v) is 2.94. The van der Waals surface area contributed by atoms with Crippen LogP contribution in [0.15, 0.2) is 6.20 Å². The topological polar surface area (TPSA) is 92.2 Å². The molecule has 0 bridgehead atoms. The van der Waals surface area contributed by atoms with Crippen molar-refractivity contribution in [3.63, 3.8) is 0 Å². The first kappa shape index (κ1) is 9.36. The molecule has 1 rings (SSSR count). The molecule has 0 aliphatic rings. The highest BCUT2D eigenvalue weighted by atomic mass is 32.2. The Balaban J connectivity index is 2.63. The van der Waals surface area contributed by atoms with Crippen LogP contribution in [0.4, 0.5) is 5.00 Å². The molecule has 68 valence electrons. The Hall–Kier alpha value is -0.730. The number of rotatable bonds is 4. The number of nitrogens with one attached hydrogen (secondary N) is 1. The van der Waals surface area contributed by atoms with Gasteiger partial charge in [-0.05, 0) is 0 Å². The number of aliphatic hydroxyl groups is 1. The summed E-state index contributed by atoms with van der Waals surface area (Å²) < 4.78 is 27.6. The number of aliphatic hydroxyl groups excluding tert-OH is 1. The van der Waals surface area contributed by atoms with Crippen LogP contribution in [0.1, 0.15) is 0 Å². The van der Waals surface area contributed by atoms with Gasteiger partial charge in [-0.15, -0.1) is 5.10 Å². The van der Waals surface area contributed by atoms with Crippen molar-refractivity contribution in [3.8, 4) is 0 Å². The maximum Gasteiger partial charge on any atom is 0.235 e. The first-order chi connectivity index (χ1) is 5.64. The summed E-state index contributed by atoms with van der Waals surface area (Å²) in [5, 5.41) is 12.2. The lowest BCUT2D eigenvalue weighted by Gasteiger charge is -2.00. The number of hydrogen-bond donors (Lipinski definition) is 2. The third-order valence-electron chi connectivity index (χ3n) is 0.977. The standard InChI is InChI=1S/C4H7N3O3S2/c8-1-2-12(9,10)6-4-3-5-7-11-4/h3,6,8H,1-2H2. The van der Waals surface area contributed by atoms with Crippen LogP contribution in [0.25, 0.3) is 0 Å². The smallest absolute Gasteiger partial charge is 0.235 e. The van der Waals surface area contributed by atoms with E-state index in [4.69, 9.17) is 5.11 Å². The van der Waals surface area contributed by atoms with Crippen molar-refractivity contribution in [3.05, 3.63) is 6.20 Å². The molecule has 0 saturated carbocycles. The Bertz CT molecular complexity index is 319. The van der Waals surface area contributed by atoms with Crippen LogP contribution < -0.4 is 4.72 Å². The van der Waals surface area contributed by atoms with Crippen molar-refractivity contribution in [1.29, 1.82) is 0 Å². The van der Waals surface area contributed by atoms with Gasteiger partial charge in [0.15, 0.2) is 0 Å². The minimum Gasteiger partial charge on any atom is -0.395 e. The summed E-state index contributed by atoms with van der Waals surface area (Å²) >= 11 is 0.943. The highest BCUT2D eigenvalue weighted by Gasteiger charge is 2.09. The summed E-state index contributed by atoms with van der Waals surface area (Å²) in [6.45, 7) is -0.401. The van der Waals surface area contributed by atoms with E-state index in [0.29, 0.717) is 5.00 Å². The zero-order chi connectivity index (χ0) is 9.03. The second kappa shape index (κ2) is 3.78. The summed E-state index contributed by atoms with van der Waals surface area (Å²) in [5.41, 5.74) is 0. The van der Waals surface area contributed by atoms with Crippen LogP contribution in [0.5, 0.6) is 0 Å². The predicted molar refractivity (Wildman–Crippen MR) is 44.4 cm³/mol. The molecule has 0 radical (unpaired) electrons. The van der Waals surface area contributed by atoms with Gasteiger partial charge in [-0.2, -0.15) is 0 Å². The fourth-order valence-corrected chi connectivity index (χ4v) is 2.04. The minimum atomic E-state index is -3.42. The van der Waals surface area contributed by atoms with E-state index in [1.807, 2.05) is 0 Å². The third kappa shape index (κ3) is 2.72. The maximum atomic E-state index is 11.0. The number of sulfonamides is 1. The largest absolute Gasteiger partial charge is 0.395 e. The zero-order valence-electron chi connectivity index (χ0n) is 5.97. The molecule has 0 saturated heterocycles. The molecule has 0 unspecified atom stereocenters. The lowest BCUT2D eigenvalue weighted by atomic mass is 10.9. The summed E-state index contributed by atoms with van der Waals surface area (Å²) in [4.78, 5) is 0. The van der Waals surface area contributed by atoms with Crippen LogP contribution >= 0.6 is 11.5 Å². The van der Waals surface area contributed by atoms with Crippen molar-refractivity contribution >= 4 is 26.6 Å². The molecular formula is C4H7N3O3S2. The Kier molecular flexibility index (Phi) is 2.95. The average molecular weight is 209 g/mol. The molecule has 6 nitrogen and oxygen atoms in total. The van der Waals surface area contributed by atoms with Crippen molar-refractivity contribution in [2.75, 3.05) is 17.1 Å². The van der Waals surface area contributed by atoms with Gasteiger partial charge in [0, 0.05) is 11.5 Å². The summed E-state index contributed by atoms with van der Waals surface area (Å²) in [6.07, 6.45) is 1.31. The molecule has 0 atom stereocenters. The number of anilines is 1. The van der Waals surface area contributed by atoms with Crippen LogP contribution in [0.3, 0.4) is 0 Å². The minimum absolute atomic E-state index is 0.315.